The molecule has 2 rings (SSSR count). The standard InChI is InChI=1S/C15H15ClN2O2/c1-18(10-12-6-8-17-9-7-12)15(19)11-20-14-4-2-13(16)3-5-14/h2-9H,10-11H2,1H3. The van der Waals surface area contributed by atoms with E-state index in [9.17, 15) is 4.79 Å². The predicted octanol–water partition coefficient (Wildman–Crippen LogP) is 2.77. The van der Waals surface area contributed by atoms with Gasteiger partial charge in [-0.3, -0.25) is 9.78 Å². The molecule has 0 atom stereocenters. The molecule has 1 heterocycles. The van der Waals surface area contributed by atoms with E-state index in [1.54, 1.807) is 48.6 Å². The van der Waals surface area contributed by atoms with E-state index in [1.165, 1.54) is 0 Å². The highest BCUT2D eigenvalue weighted by Gasteiger charge is 2.10. The Balaban J connectivity index is 1.83. The summed E-state index contributed by atoms with van der Waals surface area (Å²) in [6.45, 7) is 0.536. The average Bonchev–Trinajstić information content (AvgIpc) is 2.47. The van der Waals surface area contributed by atoms with Gasteiger partial charge in [0.2, 0.25) is 0 Å². The molecule has 0 N–H and O–H groups in total. The average molecular weight is 291 g/mol. The van der Waals surface area contributed by atoms with Crippen LogP contribution in [0.15, 0.2) is 48.8 Å². The van der Waals surface area contributed by atoms with Gasteiger partial charge < -0.3 is 9.64 Å². The van der Waals surface area contributed by atoms with E-state index in [1.807, 2.05) is 12.1 Å². The van der Waals surface area contributed by atoms with Crippen LogP contribution in [0.1, 0.15) is 5.56 Å². The van der Waals surface area contributed by atoms with Gasteiger partial charge in [-0.05, 0) is 42.0 Å². The molecule has 20 heavy (non-hydrogen) atoms. The van der Waals surface area contributed by atoms with Crippen molar-refractivity contribution in [1.82, 2.24) is 9.88 Å². The fraction of sp³-hybridized carbons (Fsp3) is 0.200. The van der Waals surface area contributed by atoms with Gasteiger partial charge in [0.05, 0.1) is 0 Å². The van der Waals surface area contributed by atoms with Gasteiger partial charge in [-0.1, -0.05) is 11.6 Å². The molecular weight excluding hydrogens is 276 g/mol. The first-order valence-corrected chi connectivity index (χ1v) is 6.54. The van der Waals surface area contributed by atoms with Crippen molar-refractivity contribution in [3.63, 3.8) is 0 Å². The normalized spacial score (nSPS) is 10.1. The summed E-state index contributed by atoms with van der Waals surface area (Å²) in [6.07, 6.45) is 3.41. The number of benzene rings is 1. The number of carbonyl (C=O) groups is 1. The molecule has 0 bridgehead atoms. The van der Waals surface area contributed by atoms with Gasteiger partial charge in [-0.15, -0.1) is 0 Å². The molecule has 1 aromatic heterocycles. The van der Waals surface area contributed by atoms with Crippen molar-refractivity contribution in [2.24, 2.45) is 0 Å². The molecule has 0 aliphatic carbocycles. The third-order valence-corrected chi connectivity index (χ3v) is 3.02. The zero-order chi connectivity index (χ0) is 14.4. The second-order valence-corrected chi connectivity index (χ2v) is 4.78. The molecule has 0 radical (unpaired) electrons. The third-order valence-electron chi connectivity index (χ3n) is 2.77. The number of amides is 1. The summed E-state index contributed by atoms with van der Waals surface area (Å²) >= 11 is 5.78. The first-order valence-electron chi connectivity index (χ1n) is 6.16. The summed E-state index contributed by atoms with van der Waals surface area (Å²) in [7, 11) is 1.74. The molecule has 0 aliphatic heterocycles. The summed E-state index contributed by atoms with van der Waals surface area (Å²) in [5, 5.41) is 0.637. The summed E-state index contributed by atoms with van der Waals surface area (Å²) in [6, 6.07) is 10.7. The van der Waals surface area contributed by atoms with Crippen LogP contribution >= 0.6 is 11.6 Å². The van der Waals surface area contributed by atoms with Crippen LogP contribution in [0.4, 0.5) is 0 Å². The first-order chi connectivity index (χ1) is 9.65. The zero-order valence-electron chi connectivity index (χ0n) is 11.1. The van der Waals surface area contributed by atoms with Crippen LogP contribution < -0.4 is 4.74 Å². The molecule has 2 aromatic rings. The SMILES string of the molecule is CN(Cc1ccncc1)C(=O)COc1ccc(Cl)cc1. The van der Waals surface area contributed by atoms with Crippen LogP contribution in [0.2, 0.25) is 5.02 Å². The van der Waals surface area contributed by atoms with Gasteiger partial charge in [0.1, 0.15) is 5.75 Å². The second kappa shape index (κ2) is 6.91. The highest BCUT2D eigenvalue weighted by Crippen LogP contribution is 2.15. The van der Waals surface area contributed by atoms with E-state index in [2.05, 4.69) is 4.98 Å². The maximum absolute atomic E-state index is 11.9. The number of likely N-dealkylation sites (N-methyl/N-ethyl adjacent to an activating group) is 1. The zero-order valence-corrected chi connectivity index (χ0v) is 11.9. The van der Waals surface area contributed by atoms with Crippen LogP contribution in [0.3, 0.4) is 0 Å². The van der Waals surface area contributed by atoms with Gasteiger partial charge in [0, 0.05) is 31.0 Å². The number of halogens is 1. The lowest BCUT2D eigenvalue weighted by atomic mass is 10.2. The Morgan fingerprint density at radius 1 is 1.20 bits per heavy atom. The minimum Gasteiger partial charge on any atom is -0.484 e. The molecule has 1 aromatic carbocycles. The van der Waals surface area contributed by atoms with Crippen LogP contribution in [-0.2, 0) is 11.3 Å². The monoisotopic (exact) mass is 290 g/mol. The van der Waals surface area contributed by atoms with Gasteiger partial charge >= 0.3 is 0 Å². The number of nitrogens with zero attached hydrogens (tertiary/aromatic N) is 2. The Morgan fingerprint density at radius 3 is 2.50 bits per heavy atom. The van der Waals surface area contributed by atoms with Crippen molar-refractivity contribution >= 4 is 17.5 Å². The highest BCUT2D eigenvalue weighted by molar-refractivity contribution is 6.30. The second-order valence-electron chi connectivity index (χ2n) is 4.35. The van der Waals surface area contributed by atoms with Crippen molar-refractivity contribution in [3.8, 4) is 5.75 Å². The van der Waals surface area contributed by atoms with E-state index in [-0.39, 0.29) is 12.5 Å². The molecule has 0 saturated heterocycles. The Kier molecular flexibility index (Phi) is 4.96. The number of ether oxygens (including phenoxy) is 1. The van der Waals surface area contributed by atoms with Crippen molar-refractivity contribution < 1.29 is 9.53 Å². The summed E-state index contributed by atoms with van der Waals surface area (Å²) < 4.78 is 5.42. The smallest absolute Gasteiger partial charge is 0.260 e. The van der Waals surface area contributed by atoms with E-state index in [0.717, 1.165) is 5.56 Å². The first kappa shape index (κ1) is 14.3. The van der Waals surface area contributed by atoms with Crippen LogP contribution in [0.5, 0.6) is 5.75 Å². The Bertz CT molecular complexity index is 558. The maximum Gasteiger partial charge on any atom is 0.260 e. The molecule has 0 saturated carbocycles. The Hall–Kier alpha value is -2.07. The maximum atomic E-state index is 11.9. The largest absolute Gasteiger partial charge is 0.484 e. The quantitative estimate of drug-likeness (QED) is 0.850. The molecule has 4 nitrogen and oxygen atoms in total. The van der Waals surface area contributed by atoms with Gasteiger partial charge in [0.25, 0.3) is 5.91 Å². The molecule has 0 aliphatic rings. The summed E-state index contributed by atoms with van der Waals surface area (Å²) in [4.78, 5) is 17.5. The molecule has 0 fully saturated rings. The number of carbonyl (C=O) groups excluding carboxylic acids is 1. The lowest BCUT2D eigenvalue weighted by Gasteiger charge is -2.17. The van der Waals surface area contributed by atoms with E-state index in [0.29, 0.717) is 17.3 Å². The van der Waals surface area contributed by atoms with Crippen LogP contribution in [0, 0.1) is 0 Å². The summed E-state index contributed by atoms with van der Waals surface area (Å²) in [5.74, 6) is 0.539. The number of pyridine rings is 1. The predicted molar refractivity (Wildman–Crippen MR) is 77.7 cm³/mol. The van der Waals surface area contributed by atoms with Gasteiger partial charge in [-0.2, -0.15) is 0 Å². The molecule has 104 valence electrons. The number of aromatic nitrogens is 1. The molecule has 1 amide bonds. The fourth-order valence-corrected chi connectivity index (χ4v) is 1.76. The minimum absolute atomic E-state index is 0.00319. The van der Waals surface area contributed by atoms with E-state index in [4.69, 9.17) is 16.3 Å². The van der Waals surface area contributed by atoms with E-state index < -0.39 is 0 Å². The summed E-state index contributed by atoms with van der Waals surface area (Å²) in [5.41, 5.74) is 1.03. The van der Waals surface area contributed by atoms with Crippen molar-refractivity contribution in [2.75, 3.05) is 13.7 Å². The Morgan fingerprint density at radius 2 is 1.85 bits per heavy atom. The van der Waals surface area contributed by atoms with Crippen LogP contribution in [0.25, 0.3) is 0 Å². The Labute approximate surface area is 123 Å². The number of hydrogen-bond donors (Lipinski definition) is 0. The topological polar surface area (TPSA) is 42.4 Å². The van der Waals surface area contributed by atoms with Crippen molar-refractivity contribution in [3.05, 3.63) is 59.4 Å². The van der Waals surface area contributed by atoms with Gasteiger partial charge in [-0.25, -0.2) is 0 Å². The van der Waals surface area contributed by atoms with Crippen LogP contribution in [-0.4, -0.2) is 29.4 Å². The fourth-order valence-electron chi connectivity index (χ4n) is 1.64. The number of hydrogen-bond acceptors (Lipinski definition) is 3. The van der Waals surface area contributed by atoms with Crippen molar-refractivity contribution in [1.29, 1.82) is 0 Å². The lowest BCUT2D eigenvalue weighted by molar-refractivity contribution is -0.132. The van der Waals surface area contributed by atoms with Crippen molar-refractivity contribution in [2.45, 2.75) is 6.54 Å². The number of rotatable bonds is 5. The van der Waals surface area contributed by atoms with E-state index >= 15 is 0 Å². The molecule has 5 heteroatoms. The molecular formula is C15H15ClN2O2. The lowest BCUT2D eigenvalue weighted by Crippen LogP contribution is -2.30. The molecule has 0 spiro atoms. The minimum atomic E-state index is -0.0863. The third kappa shape index (κ3) is 4.24. The highest BCUT2D eigenvalue weighted by atomic mass is 35.5. The van der Waals surface area contributed by atoms with Gasteiger partial charge in [0.15, 0.2) is 6.61 Å². The molecule has 0 unspecified atom stereocenters.